The molecule has 8 nitrogen and oxygen atoms in total. The van der Waals surface area contributed by atoms with E-state index in [1.165, 1.54) is 23.2 Å². The highest BCUT2D eigenvalue weighted by Crippen LogP contribution is 2.67. The van der Waals surface area contributed by atoms with Crippen molar-refractivity contribution in [2.75, 3.05) is 38.2 Å². The number of sulfonamides is 1. The number of nitrogens with one attached hydrogen (secondary N) is 1. The zero-order chi connectivity index (χ0) is 22.4. The Hall–Kier alpha value is -0.840. The van der Waals surface area contributed by atoms with E-state index >= 15 is 0 Å². The van der Waals surface area contributed by atoms with Gasteiger partial charge in [0.25, 0.3) is 0 Å². The molecule has 0 radical (unpaired) electrons. The molecule has 3 rings (SSSR count). The van der Waals surface area contributed by atoms with Gasteiger partial charge in [-0.1, -0.05) is 27.7 Å². The van der Waals surface area contributed by atoms with E-state index in [1.807, 2.05) is 13.8 Å². The average molecular weight is 463 g/mol. The first-order chi connectivity index (χ1) is 14.0. The SMILES string of the molecule is CCN(CC)S(=O)(=O)C[C@]12CC[C@H](C[C@H]1OC(=O)[C@@]1(SCC(=O)OC)CN1)C2(C)C. The molecule has 172 valence electrons. The molecule has 1 aliphatic heterocycles. The second-order valence-corrected chi connectivity index (χ2v) is 12.4. The van der Waals surface area contributed by atoms with Gasteiger partial charge in [-0.15, -0.1) is 11.8 Å². The number of carbonyl (C=O) groups is 2. The largest absolute Gasteiger partial charge is 0.468 e. The summed E-state index contributed by atoms with van der Waals surface area (Å²) < 4.78 is 38.5. The van der Waals surface area contributed by atoms with E-state index in [4.69, 9.17) is 4.74 Å². The lowest BCUT2D eigenvalue weighted by Gasteiger charge is -2.42. The number of ether oxygens (including phenoxy) is 2. The van der Waals surface area contributed by atoms with E-state index in [2.05, 4.69) is 23.9 Å². The highest BCUT2D eigenvalue weighted by Gasteiger charge is 2.68. The van der Waals surface area contributed by atoms with Crippen LogP contribution >= 0.6 is 11.8 Å². The van der Waals surface area contributed by atoms with Gasteiger partial charge in [0.1, 0.15) is 6.10 Å². The van der Waals surface area contributed by atoms with E-state index < -0.39 is 38.4 Å². The number of methoxy groups -OCH3 is 1. The molecular formula is C20H34N2O6S2. The summed E-state index contributed by atoms with van der Waals surface area (Å²) in [4.78, 5) is 23.6. The lowest BCUT2D eigenvalue weighted by molar-refractivity contribution is -0.157. The molecule has 1 heterocycles. The van der Waals surface area contributed by atoms with Gasteiger partial charge in [-0.2, -0.15) is 0 Å². The number of carbonyl (C=O) groups excluding carboxylic acids is 2. The van der Waals surface area contributed by atoms with Gasteiger partial charge < -0.3 is 9.47 Å². The van der Waals surface area contributed by atoms with Crippen molar-refractivity contribution in [3.8, 4) is 0 Å². The summed E-state index contributed by atoms with van der Waals surface area (Å²) in [5.74, 6) is -0.432. The van der Waals surface area contributed by atoms with Crippen LogP contribution in [0, 0.1) is 16.7 Å². The topological polar surface area (TPSA) is 112 Å². The molecule has 1 saturated heterocycles. The van der Waals surface area contributed by atoms with Gasteiger partial charge in [-0.25, -0.2) is 17.5 Å². The van der Waals surface area contributed by atoms with Crippen molar-refractivity contribution in [3.63, 3.8) is 0 Å². The van der Waals surface area contributed by atoms with Gasteiger partial charge in [0.05, 0.1) is 18.6 Å². The summed E-state index contributed by atoms with van der Waals surface area (Å²) in [7, 11) is -2.16. The van der Waals surface area contributed by atoms with Gasteiger partial charge in [0.2, 0.25) is 10.0 Å². The fourth-order valence-electron chi connectivity index (χ4n) is 5.39. The maximum absolute atomic E-state index is 13.2. The van der Waals surface area contributed by atoms with E-state index in [-0.39, 0.29) is 16.9 Å². The molecule has 2 saturated carbocycles. The monoisotopic (exact) mass is 462 g/mol. The first kappa shape index (κ1) is 23.8. The molecule has 0 aromatic rings. The Balaban J connectivity index is 1.79. The maximum atomic E-state index is 13.2. The van der Waals surface area contributed by atoms with Crippen molar-refractivity contribution in [2.45, 2.75) is 57.9 Å². The van der Waals surface area contributed by atoms with E-state index in [9.17, 15) is 18.0 Å². The van der Waals surface area contributed by atoms with Crippen LogP contribution in [0.15, 0.2) is 0 Å². The Labute approximate surface area is 183 Å². The molecule has 0 spiro atoms. The maximum Gasteiger partial charge on any atom is 0.338 e. The van der Waals surface area contributed by atoms with Crippen LogP contribution in [0.4, 0.5) is 0 Å². The zero-order valence-electron chi connectivity index (χ0n) is 18.5. The van der Waals surface area contributed by atoms with Crippen molar-refractivity contribution >= 4 is 33.7 Å². The first-order valence-corrected chi connectivity index (χ1v) is 13.2. The van der Waals surface area contributed by atoms with Gasteiger partial charge in [-0.05, 0) is 30.6 Å². The van der Waals surface area contributed by atoms with Crippen LogP contribution in [0.5, 0.6) is 0 Å². The predicted molar refractivity (Wildman–Crippen MR) is 115 cm³/mol. The van der Waals surface area contributed by atoms with Crippen LogP contribution in [-0.2, 0) is 29.1 Å². The Morgan fingerprint density at radius 2 is 1.87 bits per heavy atom. The minimum atomic E-state index is -3.47. The lowest BCUT2D eigenvalue weighted by atomic mass is 9.69. The summed E-state index contributed by atoms with van der Waals surface area (Å²) in [6.07, 6.45) is 1.93. The van der Waals surface area contributed by atoms with Crippen LogP contribution in [0.2, 0.25) is 0 Å². The Morgan fingerprint density at radius 3 is 2.37 bits per heavy atom. The van der Waals surface area contributed by atoms with E-state index in [1.54, 1.807) is 0 Å². The Kier molecular flexibility index (Phi) is 6.55. The van der Waals surface area contributed by atoms with Gasteiger partial charge in [0.15, 0.2) is 4.87 Å². The third-order valence-corrected chi connectivity index (χ3v) is 11.1. The fourth-order valence-corrected chi connectivity index (χ4v) is 8.64. The van der Waals surface area contributed by atoms with Crippen molar-refractivity contribution in [3.05, 3.63) is 0 Å². The lowest BCUT2D eigenvalue weighted by Crippen LogP contribution is -2.50. The summed E-state index contributed by atoms with van der Waals surface area (Å²) in [6, 6.07) is 0. The molecular weight excluding hydrogens is 428 g/mol. The molecule has 3 aliphatic rings. The molecule has 3 fully saturated rings. The summed E-state index contributed by atoms with van der Waals surface area (Å²) in [5.41, 5.74) is -0.834. The van der Waals surface area contributed by atoms with Crippen LogP contribution in [0.1, 0.15) is 47.0 Å². The number of fused-ring (bicyclic) bond motifs is 2. The molecule has 0 unspecified atom stereocenters. The third-order valence-electron chi connectivity index (χ3n) is 7.64. The molecule has 4 atom stereocenters. The van der Waals surface area contributed by atoms with Crippen LogP contribution in [0.3, 0.4) is 0 Å². The first-order valence-electron chi connectivity index (χ1n) is 10.6. The van der Waals surface area contributed by atoms with Gasteiger partial charge >= 0.3 is 11.9 Å². The standard InChI is InChI=1S/C20H34N2O6S2/c1-6-22(7-2)30(25,26)13-19-9-8-14(18(19,3)4)10-15(19)28-17(24)20(12-21-20)29-11-16(23)27-5/h14-15,21H,6-13H2,1-5H3/t14-,15-,19-,20+/m1/s1. The molecule has 2 aliphatic carbocycles. The quantitative estimate of drug-likeness (QED) is 0.385. The minimum absolute atomic E-state index is 0.00113. The van der Waals surface area contributed by atoms with Crippen molar-refractivity contribution < 1.29 is 27.5 Å². The third kappa shape index (κ3) is 3.89. The predicted octanol–water partition coefficient (Wildman–Crippen LogP) is 1.60. The summed E-state index contributed by atoms with van der Waals surface area (Å²) in [6.45, 7) is 9.21. The number of thioether (sulfide) groups is 1. The van der Waals surface area contributed by atoms with Gasteiger partial charge in [-0.3, -0.25) is 10.1 Å². The molecule has 0 aromatic carbocycles. The number of nitrogens with zero attached hydrogens (tertiary/aromatic N) is 1. The molecule has 2 bridgehead atoms. The number of hydrogen-bond acceptors (Lipinski definition) is 8. The highest BCUT2D eigenvalue weighted by molar-refractivity contribution is 8.02. The highest BCUT2D eigenvalue weighted by atomic mass is 32.2. The van der Waals surface area contributed by atoms with Crippen molar-refractivity contribution in [1.82, 2.24) is 9.62 Å². The zero-order valence-corrected chi connectivity index (χ0v) is 20.2. The van der Waals surface area contributed by atoms with Crippen LogP contribution in [0.25, 0.3) is 0 Å². The van der Waals surface area contributed by atoms with Gasteiger partial charge in [0, 0.05) is 25.0 Å². The molecule has 1 N–H and O–H groups in total. The van der Waals surface area contributed by atoms with Crippen molar-refractivity contribution in [2.24, 2.45) is 16.7 Å². The molecule has 0 aromatic heterocycles. The van der Waals surface area contributed by atoms with Crippen LogP contribution in [-0.4, -0.2) is 73.9 Å². The molecule has 30 heavy (non-hydrogen) atoms. The number of rotatable bonds is 10. The second kappa shape index (κ2) is 8.26. The number of hydrogen-bond donors (Lipinski definition) is 1. The van der Waals surface area contributed by atoms with Crippen molar-refractivity contribution in [1.29, 1.82) is 0 Å². The summed E-state index contributed by atoms with van der Waals surface area (Å²) >= 11 is 1.17. The number of esters is 2. The van der Waals surface area contributed by atoms with Crippen LogP contribution < -0.4 is 5.32 Å². The molecule has 10 heteroatoms. The average Bonchev–Trinajstić information content (AvgIpc) is 3.41. The second-order valence-electron chi connectivity index (χ2n) is 9.13. The van der Waals surface area contributed by atoms with E-state index in [0.29, 0.717) is 32.0 Å². The fraction of sp³-hybridized carbons (Fsp3) is 0.900. The smallest absolute Gasteiger partial charge is 0.338 e. The Morgan fingerprint density at radius 1 is 1.23 bits per heavy atom. The minimum Gasteiger partial charge on any atom is -0.468 e. The van der Waals surface area contributed by atoms with E-state index in [0.717, 1.165) is 12.8 Å². The Bertz CT molecular complexity index is 791. The normalized spacial score (nSPS) is 34.2. The summed E-state index contributed by atoms with van der Waals surface area (Å²) in [5, 5.41) is 3.02. The molecule has 0 amide bonds.